The van der Waals surface area contributed by atoms with Gasteiger partial charge in [-0.05, 0) is 18.1 Å². The van der Waals surface area contributed by atoms with E-state index < -0.39 is 0 Å². The molecule has 0 saturated heterocycles. The van der Waals surface area contributed by atoms with E-state index in [4.69, 9.17) is 58.0 Å². The van der Waals surface area contributed by atoms with Crippen LogP contribution in [0.25, 0.3) is 11.1 Å². The van der Waals surface area contributed by atoms with Crippen LogP contribution in [0.3, 0.4) is 0 Å². The summed E-state index contributed by atoms with van der Waals surface area (Å²) in [5, 5.41) is 1.22. The minimum Gasteiger partial charge on any atom is -0.0819 e. The fourth-order valence-corrected chi connectivity index (χ4v) is 3.04. The second-order valence-electron chi connectivity index (χ2n) is 3.76. The van der Waals surface area contributed by atoms with Crippen molar-refractivity contribution < 1.29 is 0 Å². The number of rotatable bonds is 1. The summed E-state index contributed by atoms with van der Waals surface area (Å²) >= 11 is 30.5. The van der Waals surface area contributed by atoms with Crippen LogP contribution in [-0.2, 0) is 0 Å². The molecular formula is C13H7Cl5. The highest BCUT2D eigenvalue weighted by molar-refractivity contribution is 6.56. The molecule has 5 heteroatoms. The standard InChI is InChI=1S/C13H7Cl5/c1-6-4-2-3-5-7(6)8-9(14)11(16)13(18)12(17)10(8)15/h2-5H,1H3. The van der Waals surface area contributed by atoms with Crippen LogP contribution in [0.4, 0.5) is 0 Å². The van der Waals surface area contributed by atoms with Gasteiger partial charge in [-0.15, -0.1) is 0 Å². The van der Waals surface area contributed by atoms with Gasteiger partial charge in [0.2, 0.25) is 0 Å². The molecule has 94 valence electrons. The molecule has 0 spiro atoms. The highest BCUT2D eigenvalue weighted by atomic mass is 35.5. The highest BCUT2D eigenvalue weighted by Gasteiger charge is 2.20. The van der Waals surface area contributed by atoms with Gasteiger partial charge in [0.25, 0.3) is 0 Å². The van der Waals surface area contributed by atoms with E-state index in [-0.39, 0.29) is 15.1 Å². The molecule has 0 aromatic heterocycles. The van der Waals surface area contributed by atoms with Crippen LogP contribution in [-0.4, -0.2) is 0 Å². The average molecular weight is 340 g/mol. The van der Waals surface area contributed by atoms with Crippen LogP contribution in [0.15, 0.2) is 24.3 Å². The minimum atomic E-state index is 0.172. The third-order valence-corrected chi connectivity index (χ3v) is 4.90. The summed E-state index contributed by atoms with van der Waals surface area (Å²) in [6, 6.07) is 7.69. The van der Waals surface area contributed by atoms with Crippen molar-refractivity contribution in [2.45, 2.75) is 6.92 Å². The molecular weight excluding hydrogens is 333 g/mol. The summed E-state index contributed by atoms with van der Waals surface area (Å²) in [5.74, 6) is 0. The Labute approximate surface area is 130 Å². The van der Waals surface area contributed by atoms with Gasteiger partial charge >= 0.3 is 0 Å². The summed E-state index contributed by atoms with van der Waals surface area (Å²) in [7, 11) is 0. The Bertz CT molecular complexity index is 590. The van der Waals surface area contributed by atoms with Gasteiger partial charge in [0.1, 0.15) is 0 Å². The van der Waals surface area contributed by atoms with Crippen LogP contribution < -0.4 is 0 Å². The zero-order valence-electron chi connectivity index (χ0n) is 9.20. The largest absolute Gasteiger partial charge is 0.0819 e. The lowest BCUT2D eigenvalue weighted by molar-refractivity contribution is 1.46. The Morgan fingerprint density at radius 1 is 0.667 bits per heavy atom. The maximum absolute atomic E-state index is 6.22. The van der Waals surface area contributed by atoms with Crippen molar-refractivity contribution in [3.8, 4) is 11.1 Å². The van der Waals surface area contributed by atoms with E-state index in [0.717, 1.165) is 11.1 Å². The molecule has 0 fully saturated rings. The van der Waals surface area contributed by atoms with E-state index in [1.807, 2.05) is 31.2 Å². The van der Waals surface area contributed by atoms with E-state index in [1.165, 1.54) is 0 Å². The van der Waals surface area contributed by atoms with Gasteiger partial charge in [0, 0.05) is 5.56 Å². The predicted molar refractivity (Wildman–Crippen MR) is 81.7 cm³/mol. The second-order valence-corrected chi connectivity index (χ2v) is 5.65. The highest BCUT2D eigenvalue weighted by Crippen LogP contribution is 2.48. The molecule has 0 amide bonds. The van der Waals surface area contributed by atoms with Crippen LogP contribution in [0.2, 0.25) is 25.1 Å². The van der Waals surface area contributed by atoms with Crippen LogP contribution in [0.5, 0.6) is 0 Å². The molecule has 0 bridgehead atoms. The lowest BCUT2D eigenvalue weighted by Gasteiger charge is -2.14. The Hall–Kier alpha value is -0.110. The fraction of sp³-hybridized carbons (Fsp3) is 0.0769. The van der Waals surface area contributed by atoms with Crippen molar-refractivity contribution in [2.24, 2.45) is 0 Å². The monoisotopic (exact) mass is 338 g/mol. The zero-order chi connectivity index (χ0) is 13.4. The molecule has 0 nitrogen and oxygen atoms in total. The predicted octanol–water partition coefficient (Wildman–Crippen LogP) is 6.93. The van der Waals surface area contributed by atoms with Crippen molar-refractivity contribution in [1.29, 1.82) is 0 Å². The van der Waals surface area contributed by atoms with Gasteiger partial charge in [-0.1, -0.05) is 82.3 Å². The number of benzene rings is 2. The molecule has 0 aliphatic carbocycles. The van der Waals surface area contributed by atoms with Gasteiger partial charge in [0.05, 0.1) is 25.1 Å². The molecule has 2 aromatic rings. The Morgan fingerprint density at radius 2 is 1.11 bits per heavy atom. The lowest BCUT2D eigenvalue weighted by Crippen LogP contribution is -1.89. The van der Waals surface area contributed by atoms with Crippen molar-refractivity contribution in [1.82, 2.24) is 0 Å². The topological polar surface area (TPSA) is 0 Å². The zero-order valence-corrected chi connectivity index (χ0v) is 13.0. The van der Waals surface area contributed by atoms with E-state index in [1.54, 1.807) is 0 Å². The maximum Gasteiger partial charge on any atom is 0.0809 e. The molecule has 0 atom stereocenters. The Kier molecular flexibility index (Phi) is 4.36. The van der Waals surface area contributed by atoms with Crippen molar-refractivity contribution in [3.63, 3.8) is 0 Å². The SMILES string of the molecule is Cc1ccccc1-c1c(Cl)c(Cl)c(Cl)c(Cl)c1Cl. The molecule has 0 radical (unpaired) electrons. The van der Waals surface area contributed by atoms with Gasteiger partial charge in [-0.3, -0.25) is 0 Å². The second kappa shape index (κ2) is 5.48. The molecule has 2 rings (SSSR count). The van der Waals surface area contributed by atoms with E-state index in [2.05, 4.69) is 0 Å². The summed E-state index contributed by atoms with van der Waals surface area (Å²) < 4.78 is 0. The van der Waals surface area contributed by atoms with Gasteiger partial charge in [-0.25, -0.2) is 0 Å². The molecule has 0 aliphatic heterocycles. The molecule has 0 saturated carbocycles. The summed E-state index contributed by atoms with van der Waals surface area (Å²) in [6.07, 6.45) is 0. The van der Waals surface area contributed by atoms with Gasteiger partial charge < -0.3 is 0 Å². The first-order valence-corrected chi connectivity index (χ1v) is 6.91. The summed E-state index contributed by atoms with van der Waals surface area (Å²) in [6.45, 7) is 1.96. The average Bonchev–Trinajstić information content (AvgIpc) is 2.36. The van der Waals surface area contributed by atoms with Gasteiger partial charge in [0.15, 0.2) is 0 Å². The molecule has 2 aromatic carbocycles. The number of halogens is 5. The molecule has 18 heavy (non-hydrogen) atoms. The quantitative estimate of drug-likeness (QED) is 0.390. The van der Waals surface area contributed by atoms with Crippen LogP contribution >= 0.6 is 58.0 Å². The van der Waals surface area contributed by atoms with Gasteiger partial charge in [-0.2, -0.15) is 0 Å². The fourth-order valence-electron chi connectivity index (χ4n) is 1.69. The molecule has 0 unspecified atom stereocenters. The van der Waals surface area contributed by atoms with E-state index >= 15 is 0 Å². The smallest absolute Gasteiger partial charge is 0.0809 e. The lowest BCUT2D eigenvalue weighted by atomic mass is 10.0. The van der Waals surface area contributed by atoms with Crippen LogP contribution in [0.1, 0.15) is 5.56 Å². The summed E-state index contributed by atoms with van der Waals surface area (Å²) in [4.78, 5) is 0. The first kappa shape index (κ1) is 14.3. The molecule has 0 aliphatic rings. The molecule has 0 N–H and O–H groups in total. The summed E-state index contributed by atoms with van der Waals surface area (Å²) in [5.41, 5.74) is 2.51. The van der Waals surface area contributed by atoms with E-state index in [9.17, 15) is 0 Å². The first-order chi connectivity index (χ1) is 8.45. The third-order valence-electron chi connectivity index (χ3n) is 2.62. The number of hydrogen-bond donors (Lipinski definition) is 0. The number of aryl methyl sites for hydroxylation is 1. The third kappa shape index (κ3) is 2.33. The van der Waals surface area contributed by atoms with Crippen molar-refractivity contribution in [3.05, 3.63) is 54.9 Å². The molecule has 0 heterocycles. The van der Waals surface area contributed by atoms with Crippen LogP contribution in [0, 0.1) is 6.92 Å². The normalized spacial score (nSPS) is 10.8. The Morgan fingerprint density at radius 3 is 1.61 bits per heavy atom. The number of hydrogen-bond acceptors (Lipinski definition) is 0. The minimum absolute atomic E-state index is 0.172. The first-order valence-electron chi connectivity index (χ1n) is 5.02. The van der Waals surface area contributed by atoms with E-state index in [0.29, 0.717) is 15.6 Å². The van der Waals surface area contributed by atoms with Crippen molar-refractivity contribution in [2.75, 3.05) is 0 Å². The maximum atomic E-state index is 6.22. The van der Waals surface area contributed by atoms with Crippen molar-refractivity contribution >= 4 is 58.0 Å². The Balaban J connectivity index is 2.85.